The Hall–Kier alpha value is -0.703. The number of hydrogen-bond acceptors (Lipinski definition) is 0. The number of aryl methyl sites for hydroxylation is 2. The molecule has 0 fully saturated rings. The minimum atomic E-state index is -3.56. The van der Waals surface area contributed by atoms with Gasteiger partial charge in [0.1, 0.15) is 0 Å². The minimum absolute atomic E-state index is 0.477. The SMILES string of the molecule is CCC(c1cc(C)ccc1C)[SiH](F)F. The van der Waals surface area contributed by atoms with Gasteiger partial charge in [-0.05, 0) is 31.4 Å². The van der Waals surface area contributed by atoms with Crippen LogP contribution in [-0.4, -0.2) is 9.46 Å². The summed E-state index contributed by atoms with van der Waals surface area (Å²) in [6, 6.07) is 5.81. The van der Waals surface area contributed by atoms with Gasteiger partial charge in [-0.3, -0.25) is 8.22 Å². The van der Waals surface area contributed by atoms with Crippen molar-refractivity contribution in [3.05, 3.63) is 34.9 Å². The predicted molar refractivity (Wildman–Crippen MR) is 58.3 cm³/mol. The monoisotopic (exact) mass is 214 g/mol. The van der Waals surface area contributed by atoms with Gasteiger partial charge in [-0.15, -0.1) is 0 Å². The minimum Gasteiger partial charge on any atom is -0.274 e. The normalized spacial score (nSPS) is 13.3. The van der Waals surface area contributed by atoms with Gasteiger partial charge >= 0.3 is 9.46 Å². The van der Waals surface area contributed by atoms with Crippen molar-refractivity contribution in [2.75, 3.05) is 0 Å². The zero-order chi connectivity index (χ0) is 10.7. The molecule has 78 valence electrons. The van der Waals surface area contributed by atoms with Crippen molar-refractivity contribution in [3.63, 3.8) is 0 Å². The molecule has 0 saturated heterocycles. The molecule has 1 aromatic carbocycles. The maximum atomic E-state index is 12.8. The molecule has 0 aliphatic carbocycles. The quantitative estimate of drug-likeness (QED) is 0.533. The molecule has 0 aromatic heterocycles. The second kappa shape index (κ2) is 4.69. The Kier molecular flexibility index (Phi) is 3.81. The van der Waals surface area contributed by atoms with Gasteiger partial charge in [-0.1, -0.05) is 30.7 Å². The van der Waals surface area contributed by atoms with Gasteiger partial charge in [0.05, 0.1) is 0 Å². The number of hydrogen-bond donors (Lipinski definition) is 0. The Balaban J connectivity index is 3.08. The molecule has 0 aliphatic heterocycles. The molecule has 0 aliphatic rings. The average Bonchev–Trinajstić information content (AvgIpc) is 2.11. The Bertz CT molecular complexity index is 310. The standard InChI is InChI=1S/C11H16F2Si/c1-4-11(14(12)13)10-7-8(2)5-6-9(10)3/h5-7,11,14H,4H2,1-3H3. The van der Waals surface area contributed by atoms with Crippen LogP contribution >= 0.6 is 0 Å². The van der Waals surface area contributed by atoms with E-state index in [0.717, 1.165) is 16.7 Å². The predicted octanol–water partition coefficient (Wildman–Crippen LogP) is 3.50. The van der Waals surface area contributed by atoms with E-state index in [1.807, 2.05) is 39.0 Å². The Labute approximate surface area is 85.9 Å². The highest BCUT2D eigenvalue weighted by atomic mass is 28.4. The van der Waals surface area contributed by atoms with Crippen LogP contribution in [0.4, 0.5) is 8.22 Å². The summed E-state index contributed by atoms with van der Waals surface area (Å²) in [5.74, 6) is 0. The second-order valence-electron chi connectivity index (χ2n) is 3.71. The molecule has 1 atom stereocenters. The van der Waals surface area contributed by atoms with Crippen molar-refractivity contribution in [2.45, 2.75) is 32.7 Å². The molecule has 1 rings (SSSR count). The largest absolute Gasteiger partial charge is 0.418 e. The van der Waals surface area contributed by atoms with Crippen LogP contribution in [0, 0.1) is 13.8 Å². The van der Waals surface area contributed by atoms with E-state index in [4.69, 9.17) is 0 Å². The fraction of sp³-hybridized carbons (Fsp3) is 0.455. The molecule has 0 radical (unpaired) electrons. The van der Waals surface area contributed by atoms with Crippen LogP contribution in [0.2, 0.25) is 0 Å². The first-order valence-electron chi connectivity index (χ1n) is 4.91. The van der Waals surface area contributed by atoms with Gasteiger partial charge in [0, 0.05) is 5.54 Å². The zero-order valence-electron chi connectivity index (χ0n) is 8.85. The van der Waals surface area contributed by atoms with Crippen molar-refractivity contribution in [1.29, 1.82) is 0 Å². The van der Waals surface area contributed by atoms with Crippen LogP contribution < -0.4 is 0 Å². The fourth-order valence-electron chi connectivity index (χ4n) is 1.69. The van der Waals surface area contributed by atoms with Crippen molar-refractivity contribution in [1.82, 2.24) is 0 Å². The molecule has 0 bridgehead atoms. The zero-order valence-corrected chi connectivity index (χ0v) is 10.0. The highest BCUT2D eigenvalue weighted by Gasteiger charge is 2.25. The summed E-state index contributed by atoms with van der Waals surface area (Å²) >= 11 is 0. The molecule has 0 amide bonds. The van der Waals surface area contributed by atoms with Gasteiger partial charge in [-0.25, -0.2) is 0 Å². The summed E-state index contributed by atoms with van der Waals surface area (Å²) in [7, 11) is -3.56. The Morgan fingerprint density at radius 1 is 1.29 bits per heavy atom. The summed E-state index contributed by atoms with van der Waals surface area (Å²) in [5, 5.41) is 0. The molecule has 3 heteroatoms. The van der Waals surface area contributed by atoms with Crippen molar-refractivity contribution in [2.24, 2.45) is 0 Å². The first-order valence-corrected chi connectivity index (χ1v) is 6.45. The summed E-state index contributed by atoms with van der Waals surface area (Å²) in [5.41, 5.74) is 2.44. The van der Waals surface area contributed by atoms with Gasteiger partial charge in [0.2, 0.25) is 0 Å². The molecule has 14 heavy (non-hydrogen) atoms. The van der Waals surface area contributed by atoms with Gasteiger partial charge in [-0.2, -0.15) is 0 Å². The van der Waals surface area contributed by atoms with E-state index in [-0.39, 0.29) is 0 Å². The average molecular weight is 214 g/mol. The Morgan fingerprint density at radius 3 is 2.43 bits per heavy atom. The van der Waals surface area contributed by atoms with Crippen molar-refractivity contribution in [3.8, 4) is 0 Å². The number of rotatable bonds is 3. The van der Waals surface area contributed by atoms with Crippen LogP contribution in [0.25, 0.3) is 0 Å². The van der Waals surface area contributed by atoms with Crippen molar-refractivity contribution < 1.29 is 8.22 Å². The second-order valence-corrected chi connectivity index (χ2v) is 5.18. The molecule has 1 unspecified atom stereocenters. The third kappa shape index (κ3) is 2.41. The van der Waals surface area contributed by atoms with Crippen LogP contribution in [-0.2, 0) is 0 Å². The molecule has 0 saturated carbocycles. The maximum absolute atomic E-state index is 12.8. The third-order valence-electron chi connectivity index (χ3n) is 2.58. The number of benzene rings is 1. The summed E-state index contributed by atoms with van der Waals surface area (Å²) in [6.45, 7) is 5.70. The van der Waals surface area contributed by atoms with E-state index in [2.05, 4.69) is 0 Å². The lowest BCUT2D eigenvalue weighted by Gasteiger charge is -2.16. The molecule has 0 heterocycles. The van der Waals surface area contributed by atoms with Crippen LogP contribution in [0.15, 0.2) is 18.2 Å². The fourth-order valence-corrected chi connectivity index (χ4v) is 2.68. The van der Waals surface area contributed by atoms with E-state index in [0.29, 0.717) is 6.42 Å². The highest BCUT2D eigenvalue weighted by molar-refractivity contribution is 6.44. The molecular weight excluding hydrogens is 198 g/mol. The third-order valence-corrected chi connectivity index (χ3v) is 4.02. The maximum Gasteiger partial charge on any atom is 0.418 e. The topological polar surface area (TPSA) is 0 Å². The first-order chi connectivity index (χ1) is 6.56. The summed E-state index contributed by atoms with van der Waals surface area (Å²) in [4.78, 5) is 0. The van der Waals surface area contributed by atoms with Crippen LogP contribution in [0.5, 0.6) is 0 Å². The van der Waals surface area contributed by atoms with E-state index < -0.39 is 15.0 Å². The summed E-state index contributed by atoms with van der Waals surface area (Å²) in [6.07, 6.45) is 0.550. The van der Waals surface area contributed by atoms with Gasteiger partial charge < -0.3 is 0 Å². The van der Waals surface area contributed by atoms with Gasteiger partial charge in [0.15, 0.2) is 0 Å². The molecule has 0 spiro atoms. The van der Waals surface area contributed by atoms with E-state index in [1.165, 1.54) is 0 Å². The lowest BCUT2D eigenvalue weighted by atomic mass is 10.0. The molecule has 0 nitrogen and oxygen atoms in total. The van der Waals surface area contributed by atoms with Crippen LogP contribution in [0.3, 0.4) is 0 Å². The molecular formula is C11H16F2Si. The smallest absolute Gasteiger partial charge is 0.274 e. The van der Waals surface area contributed by atoms with Crippen molar-refractivity contribution >= 4 is 9.46 Å². The summed E-state index contributed by atoms with van der Waals surface area (Å²) < 4.78 is 25.7. The van der Waals surface area contributed by atoms with E-state index in [1.54, 1.807) is 0 Å². The van der Waals surface area contributed by atoms with E-state index >= 15 is 0 Å². The molecule has 0 N–H and O–H groups in total. The van der Waals surface area contributed by atoms with Crippen LogP contribution in [0.1, 0.15) is 35.6 Å². The lowest BCUT2D eigenvalue weighted by molar-refractivity contribution is 0.601. The highest BCUT2D eigenvalue weighted by Crippen LogP contribution is 2.27. The lowest BCUT2D eigenvalue weighted by Crippen LogP contribution is -2.14. The van der Waals surface area contributed by atoms with Gasteiger partial charge in [0.25, 0.3) is 0 Å². The molecule has 1 aromatic rings. The van der Waals surface area contributed by atoms with E-state index in [9.17, 15) is 8.22 Å². The Morgan fingerprint density at radius 2 is 1.93 bits per heavy atom. The number of halogens is 2. The first kappa shape index (κ1) is 11.4.